The molecule has 174 valence electrons. The van der Waals surface area contributed by atoms with Gasteiger partial charge in [0.25, 0.3) is 5.91 Å². The molecule has 0 saturated heterocycles. The predicted molar refractivity (Wildman–Crippen MR) is 124 cm³/mol. The van der Waals surface area contributed by atoms with Crippen molar-refractivity contribution in [1.82, 2.24) is 10.3 Å². The summed E-state index contributed by atoms with van der Waals surface area (Å²) >= 11 is 0. The maximum atomic E-state index is 12.4. The van der Waals surface area contributed by atoms with E-state index in [1.54, 1.807) is 0 Å². The molecule has 9 heteroatoms. The van der Waals surface area contributed by atoms with Gasteiger partial charge in [-0.2, -0.15) is 0 Å². The number of pyridine rings is 1. The van der Waals surface area contributed by atoms with Gasteiger partial charge < -0.3 is 20.3 Å². The van der Waals surface area contributed by atoms with E-state index in [4.69, 9.17) is 9.84 Å². The van der Waals surface area contributed by atoms with E-state index in [0.717, 1.165) is 22.3 Å². The largest absolute Gasteiger partial charge is 0.479 e. The lowest BCUT2D eigenvalue weighted by atomic mass is 9.98. The number of fused-ring (bicyclic) bond motifs is 3. The van der Waals surface area contributed by atoms with Crippen LogP contribution in [0.25, 0.3) is 11.1 Å². The van der Waals surface area contributed by atoms with Crippen LogP contribution in [-0.4, -0.2) is 52.4 Å². The number of aliphatic hydroxyl groups excluding tert-OH is 1. The van der Waals surface area contributed by atoms with Gasteiger partial charge >= 0.3 is 12.1 Å². The van der Waals surface area contributed by atoms with Crippen LogP contribution in [0.3, 0.4) is 0 Å². The molecule has 0 bridgehead atoms. The number of carbonyl (C=O) groups is 3. The molecule has 0 unspecified atom stereocenters. The number of hydrogen-bond donors (Lipinski definition) is 4. The molecule has 1 aliphatic carbocycles. The standard InChI is InChI=1S/C25H23N3O6/c29-22(24(31)32)11-12-26-23(30)21-10-9-15(13-27-21)28-25(33)34-14-20-18-7-3-1-5-16(18)17-6-2-4-8-19(17)20/h1-10,13,20,22,29H,11-12,14H2,(H,26,30)(H,28,33)(H,31,32)/t22-/m0/s1. The van der Waals surface area contributed by atoms with Crippen molar-refractivity contribution in [3.8, 4) is 11.1 Å². The van der Waals surface area contributed by atoms with E-state index in [0.29, 0.717) is 5.69 Å². The third kappa shape index (κ3) is 5.05. The van der Waals surface area contributed by atoms with E-state index in [1.807, 2.05) is 36.4 Å². The fourth-order valence-electron chi connectivity index (χ4n) is 3.89. The molecule has 0 aliphatic heterocycles. The highest BCUT2D eigenvalue weighted by Crippen LogP contribution is 2.44. The van der Waals surface area contributed by atoms with Gasteiger partial charge in [-0.3, -0.25) is 10.1 Å². The molecule has 4 rings (SSSR count). The van der Waals surface area contributed by atoms with Crippen molar-refractivity contribution in [3.05, 3.63) is 83.7 Å². The lowest BCUT2D eigenvalue weighted by Gasteiger charge is -2.14. The van der Waals surface area contributed by atoms with Gasteiger partial charge in [-0.25, -0.2) is 14.6 Å². The van der Waals surface area contributed by atoms with Crippen molar-refractivity contribution in [2.75, 3.05) is 18.5 Å². The summed E-state index contributed by atoms with van der Waals surface area (Å²) in [7, 11) is 0. The van der Waals surface area contributed by atoms with Crippen LogP contribution in [-0.2, 0) is 9.53 Å². The zero-order valence-corrected chi connectivity index (χ0v) is 18.1. The molecule has 34 heavy (non-hydrogen) atoms. The van der Waals surface area contributed by atoms with Gasteiger partial charge in [-0.15, -0.1) is 0 Å². The predicted octanol–water partition coefficient (Wildman–Crippen LogP) is 3.01. The number of rotatable bonds is 8. The molecule has 0 fully saturated rings. The van der Waals surface area contributed by atoms with Gasteiger partial charge in [0.15, 0.2) is 6.10 Å². The second-order valence-corrected chi connectivity index (χ2v) is 7.78. The SMILES string of the molecule is O=C(Nc1ccc(C(=O)NCC[C@H](O)C(=O)O)nc1)OCC1c2ccccc2-c2ccccc21. The van der Waals surface area contributed by atoms with E-state index in [9.17, 15) is 19.5 Å². The Morgan fingerprint density at radius 2 is 1.62 bits per heavy atom. The smallest absolute Gasteiger partial charge is 0.411 e. The first-order chi connectivity index (χ1) is 16.4. The van der Waals surface area contributed by atoms with Crippen molar-refractivity contribution in [2.24, 2.45) is 0 Å². The molecule has 9 nitrogen and oxygen atoms in total. The molecule has 2 amide bonds. The van der Waals surface area contributed by atoms with Crippen LogP contribution in [0.15, 0.2) is 66.9 Å². The van der Waals surface area contributed by atoms with E-state index >= 15 is 0 Å². The number of carbonyl (C=O) groups excluding carboxylic acids is 2. The maximum absolute atomic E-state index is 12.4. The Hall–Kier alpha value is -4.24. The topological polar surface area (TPSA) is 138 Å². The van der Waals surface area contributed by atoms with Gasteiger partial charge in [-0.05, 0) is 34.4 Å². The lowest BCUT2D eigenvalue weighted by Crippen LogP contribution is -2.30. The Morgan fingerprint density at radius 3 is 2.21 bits per heavy atom. The third-order valence-corrected chi connectivity index (χ3v) is 5.57. The van der Waals surface area contributed by atoms with E-state index in [1.165, 1.54) is 18.3 Å². The summed E-state index contributed by atoms with van der Waals surface area (Å²) in [6.45, 7) is 0.156. The van der Waals surface area contributed by atoms with Gasteiger partial charge in [0, 0.05) is 18.9 Å². The molecular formula is C25H23N3O6. The summed E-state index contributed by atoms with van der Waals surface area (Å²) in [5, 5.41) is 22.9. The van der Waals surface area contributed by atoms with Crippen molar-refractivity contribution >= 4 is 23.7 Å². The van der Waals surface area contributed by atoms with Gasteiger partial charge in [-0.1, -0.05) is 48.5 Å². The fraction of sp³-hybridized carbons (Fsp3) is 0.200. The van der Waals surface area contributed by atoms with E-state index < -0.39 is 24.1 Å². The third-order valence-electron chi connectivity index (χ3n) is 5.57. The molecule has 1 aromatic heterocycles. The molecular weight excluding hydrogens is 438 g/mol. The summed E-state index contributed by atoms with van der Waals surface area (Å²) in [6, 6.07) is 19.0. The number of nitrogens with zero attached hydrogens (tertiary/aromatic N) is 1. The van der Waals surface area contributed by atoms with Crippen LogP contribution in [0, 0.1) is 0 Å². The minimum atomic E-state index is -1.54. The molecule has 4 N–H and O–H groups in total. The first kappa shape index (κ1) is 22.9. The van der Waals surface area contributed by atoms with Crippen LogP contribution < -0.4 is 10.6 Å². The van der Waals surface area contributed by atoms with E-state index in [2.05, 4.69) is 27.8 Å². The highest BCUT2D eigenvalue weighted by molar-refractivity contribution is 5.93. The monoisotopic (exact) mass is 461 g/mol. The zero-order valence-electron chi connectivity index (χ0n) is 18.1. The second kappa shape index (κ2) is 10.1. The number of benzene rings is 2. The molecule has 0 saturated carbocycles. The first-order valence-electron chi connectivity index (χ1n) is 10.7. The zero-order chi connectivity index (χ0) is 24.1. The minimum absolute atomic E-state index is 0.0201. The molecule has 1 aliphatic rings. The summed E-state index contributed by atoms with van der Waals surface area (Å²) in [4.78, 5) is 39.0. The normalized spacial score (nSPS) is 12.9. The Kier molecular flexibility index (Phi) is 6.84. The number of carboxylic acid groups (broad SMARTS) is 1. The lowest BCUT2D eigenvalue weighted by molar-refractivity contribution is -0.146. The first-order valence-corrected chi connectivity index (χ1v) is 10.7. The molecule has 3 aromatic rings. The van der Waals surface area contributed by atoms with Crippen LogP contribution in [0.4, 0.5) is 10.5 Å². The fourth-order valence-corrected chi connectivity index (χ4v) is 3.89. The summed E-state index contributed by atoms with van der Waals surface area (Å²) in [6.07, 6.45) is -0.981. The Balaban J connectivity index is 1.30. The summed E-state index contributed by atoms with van der Waals surface area (Å²) < 4.78 is 5.49. The minimum Gasteiger partial charge on any atom is -0.479 e. The van der Waals surface area contributed by atoms with E-state index in [-0.39, 0.29) is 31.2 Å². The Bertz CT molecular complexity index is 1170. The number of aromatic nitrogens is 1. The molecule has 1 atom stereocenters. The number of anilines is 1. The second-order valence-electron chi connectivity index (χ2n) is 7.78. The van der Waals surface area contributed by atoms with Crippen molar-refractivity contribution in [1.29, 1.82) is 0 Å². The highest BCUT2D eigenvalue weighted by Gasteiger charge is 2.29. The number of carboxylic acids is 1. The van der Waals surface area contributed by atoms with Crippen LogP contribution in [0.5, 0.6) is 0 Å². The number of hydrogen-bond acceptors (Lipinski definition) is 6. The summed E-state index contributed by atoms with van der Waals surface area (Å²) in [5.74, 6) is -1.93. The maximum Gasteiger partial charge on any atom is 0.411 e. The average Bonchev–Trinajstić information content (AvgIpc) is 3.16. The number of ether oxygens (including phenoxy) is 1. The average molecular weight is 461 g/mol. The van der Waals surface area contributed by atoms with Crippen molar-refractivity contribution in [2.45, 2.75) is 18.4 Å². The molecule has 0 spiro atoms. The van der Waals surface area contributed by atoms with Crippen LogP contribution in [0.1, 0.15) is 34.0 Å². The van der Waals surface area contributed by atoms with Gasteiger partial charge in [0.05, 0.1) is 11.9 Å². The van der Waals surface area contributed by atoms with Crippen molar-refractivity contribution in [3.63, 3.8) is 0 Å². The number of nitrogens with one attached hydrogen (secondary N) is 2. The number of aliphatic carboxylic acids is 1. The Labute approximate surface area is 195 Å². The van der Waals surface area contributed by atoms with Crippen molar-refractivity contribution < 1.29 is 29.3 Å². The highest BCUT2D eigenvalue weighted by atomic mass is 16.5. The number of aliphatic hydroxyl groups is 1. The Morgan fingerprint density at radius 1 is 0.971 bits per heavy atom. The molecule has 0 radical (unpaired) electrons. The summed E-state index contributed by atoms with van der Waals surface area (Å²) in [5.41, 5.74) is 4.96. The number of amides is 2. The van der Waals surface area contributed by atoms with Crippen LogP contribution in [0.2, 0.25) is 0 Å². The quantitative estimate of drug-likeness (QED) is 0.405. The van der Waals surface area contributed by atoms with Crippen LogP contribution >= 0.6 is 0 Å². The van der Waals surface area contributed by atoms with Gasteiger partial charge in [0.1, 0.15) is 12.3 Å². The molecule has 2 aromatic carbocycles. The van der Waals surface area contributed by atoms with Gasteiger partial charge in [0.2, 0.25) is 0 Å². The molecule has 1 heterocycles.